The van der Waals surface area contributed by atoms with Crippen LogP contribution in [-0.2, 0) is 26.5 Å². The van der Waals surface area contributed by atoms with Crippen LogP contribution in [0, 0.1) is 0 Å². The van der Waals surface area contributed by atoms with E-state index in [1.807, 2.05) is 0 Å². The Kier molecular flexibility index (Phi) is 5.95. The first-order valence-corrected chi connectivity index (χ1v) is 12.2. The maximum Gasteiger partial charge on any atom is 0.265 e. The van der Waals surface area contributed by atoms with Crippen molar-refractivity contribution in [2.45, 2.75) is 24.7 Å². The number of ether oxygens (including phenoxy) is 2. The van der Waals surface area contributed by atoms with Gasteiger partial charge in [0.25, 0.3) is 10.0 Å². The lowest BCUT2D eigenvalue weighted by Gasteiger charge is -2.30. The summed E-state index contributed by atoms with van der Waals surface area (Å²) in [6, 6.07) is 9.36. The van der Waals surface area contributed by atoms with Crippen LogP contribution in [0.25, 0.3) is 0 Å². The molecule has 8 nitrogen and oxygen atoms in total. The van der Waals surface area contributed by atoms with Crippen molar-refractivity contribution in [1.82, 2.24) is 0 Å². The molecule has 3 rings (SSSR count). The molecule has 0 spiro atoms. The van der Waals surface area contributed by atoms with Crippen LogP contribution in [0.5, 0.6) is 11.5 Å². The molecule has 1 aliphatic heterocycles. The lowest BCUT2D eigenvalue weighted by atomic mass is 10.0. The van der Waals surface area contributed by atoms with E-state index >= 15 is 0 Å². The summed E-state index contributed by atoms with van der Waals surface area (Å²) in [5, 5.41) is 0. The van der Waals surface area contributed by atoms with Gasteiger partial charge in [-0.15, -0.1) is 0 Å². The standard InChI is InChI=1S/C19H24N2O6S2/c1-4-28(22,23)21-11-5-6-14-7-8-15(12-17(14)21)20-29(24,25)19-10-9-16(26-2)13-18(19)27-3/h7-10,12-13,20H,4-6,11H2,1-3H3. The molecule has 1 heterocycles. The van der Waals surface area contributed by atoms with Crippen molar-refractivity contribution in [3.63, 3.8) is 0 Å². The zero-order valence-corrected chi connectivity index (χ0v) is 18.1. The van der Waals surface area contributed by atoms with Crippen molar-refractivity contribution in [1.29, 1.82) is 0 Å². The van der Waals surface area contributed by atoms with Crippen LogP contribution >= 0.6 is 0 Å². The number of sulfonamides is 2. The average Bonchev–Trinajstić information content (AvgIpc) is 2.72. The molecule has 0 aromatic heterocycles. The minimum absolute atomic E-state index is 0.0224. The number of methoxy groups -OCH3 is 2. The minimum atomic E-state index is -3.96. The lowest BCUT2D eigenvalue weighted by Crippen LogP contribution is -2.36. The molecule has 0 bridgehead atoms. The average molecular weight is 441 g/mol. The van der Waals surface area contributed by atoms with Gasteiger partial charge in [0.15, 0.2) is 0 Å². The highest BCUT2D eigenvalue weighted by molar-refractivity contribution is 7.93. The zero-order valence-electron chi connectivity index (χ0n) is 16.5. The van der Waals surface area contributed by atoms with E-state index in [1.165, 1.54) is 36.7 Å². The molecule has 0 amide bonds. The number of anilines is 2. The maximum absolute atomic E-state index is 12.9. The van der Waals surface area contributed by atoms with Crippen LogP contribution in [0.4, 0.5) is 11.4 Å². The number of nitrogens with one attached hydrogen (secondary N) is 1. The molecular weight excluding hydrogens is 416 g/mol. The Morgan fingerprint density at radius 3 is 2.45 bits per heavy atom. The van der Waals surface area contributed by atoms with Crippen LogP contribution < -0.4 is 18.5 Å². The Labute approximate surface area is 171 Å². The van der Waals surface area contributed by atoms with Gasteiger partial charge in [0.1, 0.15) is 16.4 Å². The highest BCUT2D eigenvalue weighted by Gasteiger charge is 2.27. The van der Waals surface area contributed by atoms with Crippen molar-refractivity contribution in [3.05, 3.63) is 42.0 Å². The SMILES string of the molecule is CCS(=O)(=O)N1CCCc2ccc(NS(=O)(=O)c3ccc(OC)cc3OC)cc21. The smallest absolute Gasteiger partial charge is 0.265 e. The topological polar surface area (TPSA) is 102 Å². The van der Waals surface area contributed by atoms with Crippen molar-refractivity contribution in [2.24, 2.45) is 0 Å². The molecule has 0 atom stereocenters. The van der Waals surface area contributed by atoms with E-state index in [4.69, 9.17) is 9.47 Å². The molecule has 0 unspecified atom stereocenters. The second-order valence-corrected chi connectivity index (χ2v) is 10.4. The summed E-state index contributed by atoms with van der Waals surface area (Å²) < 4.78 is 64.9. The Morgan fingerprint density at radius 2 is 1.79 bits per heavy atom. The van der Waals surface area contributed by atoms with Gasteiger partial charge in [-0.05, 0) is 49.6 Å². The van der Waals surface area contributed by atoms with E-state index in [2.05, 4.69) is 4.72 Å². The molecule has 0 aliphatic carbocycles. The molecule has 158 valence electrons. The Bertz CT molecular complexity index is 1110. The largest absolute Gasteiger partial charge is 0.497 e. The minimum Gasteiger partial charge on any atom is -0.497 e. The van der Waals surface area contributed by atoms with Gasteiger partial charge in [0.05, 0.1) is 31.3 Å². The number of hydrogen-bond acceptors (Lipinski definition) is 6. The normalized spacial score (nSPS) is 14.2. The second-order valence-electron chi connectivity index (χ2n) is 6.54. The summed E-state index contributed by atoms with van der Waals surface area (Å²) in [5.41, 5.74) is 1.66. The van der Waals surface area contributed by atoms with E-state index in [0.717, 1.165) is 18.4 Å². The Morgan fingerprint density at radius 1 is 1.03 bits per heavy atom. The molecule has 0 fully saturated rings. The summed E-state index contributed by atoms with van der Waals surface area (Å²) in [6.45, 7) is 1.97. The molecule has 29 heavy (non-hydrogen) atoms. The third-order valence-electron chi connectivity index (χ3n) is 4.77. The van der Waals surface area contributed by atoms with E-state index in [0.29, 0.717) is 18.0 Å². The van der Waals surface area contributed by atoms with Crippen LogP contribution in [-0.4, -0.2) is 43.4 Å². The maximum atomic E-state index is 12.9. The van der Waals surface area contributed by atoms with Gasteiger partial charge < -0.3 is 9.47 Å². The molecular formula is C19H24N2O6S2. The lowest BCUT2D eigenvalue weighted by molar-refractivity contribution is 0.386. The van der Waals surface area contributed by atoms with Crippen molar-refractivity contribution in [2.75, 3.05) is 35.5 Å². The highest BCUT2D eigenvalue weighted by atomic mass is 32.2. The fourth-order valence-electron chi connectivity index (χ4n) is 3.26. The molecule has 0 saturated heterocycles. The van der Waals surface area contributed by atoms with Crippen LogP contribution in [0.3, 0.4) is 0 Å². The molecule has 0 radical (unpaired) electrons. The molecule has 0 saturated carbocycles. The van der Waals surface area contributed by atoms with Crippen molar-refractivity contribution >= 4 is 31.4 Å². The van der Waals surface area contributed by atoms with Gasteiger partial charge in [0.2, 0.25) is 10.0 Å². The summed E-state index contributed by atoms with van der Waals surface area (Å²) in [5.74, 6) is 0.589. The summed E-state index contributed by atoms with van der Waals surface area (Å²) >= 11 is 0. The van der Waals surface area contributed by atoms with E-state index in [9.17, 15) is 16.8 Å². The first-order chi connectivity index (χ1) is 13.7. The number of aryl methyl sites for hydroxylation is 1. The van der Waals surface area contributed by atoms with E-state index in [1.54, 1.807) is 25.1 Å². The second kappa shape index (κ2) is 8.11. The first-order valence-electron chi connectivity index (χ1n) is 9.10. The highest BCUT2D eigenvalue weighted by Crippen LogP contribution is 2.34. The van der Waals surface area contributed by atoms with Crippen molar-refractivity contribution in [3.8, 4) is 11.5 Å². The molecule has 1 N–H and O–H groups in total. The number of rotatable bonds is 7. The van der Waals surface area contributed by atoms with Crippen LogP contribution in [0.1, 0.15) is 18.9 Å². The monoisotopic (exact) mass is 440 g/mol. The fourth-order valence-corrected chi connectivity index (χ4v) is 5.65. The fraction of sp³-hybridized carbons (Fsp3) is 0.368. The van der Waals surface area contributed by atoms with Crippen LogP contribution in [0.15, 0.2) is 41.3 Å². The zero-order chi connectivity index (χ0) is 21.2. The van der Waals surface area contributed by atoms with E-state index < -0.39 is 20.0 Å². The quantitative estimate of drug-likeness (QED) is 0.710. The number of nitrogens with zero attached hydrogens (tertiary/aromatic N) is 1. The number of hydrogen-bond donors (Lipinski definition) is 1. The van der Waals surface area contributed by atoms with E-state index in [-0.39, 0.29) is 22.1 Å². The molecule has 1 aliphatic rings. The molecule has 2 aromatic rings. The molecule has 2 aromatic carbocycles. The van der Waals surface area contributed by atoms with Gasteiger partial charge in [-0.2, -0.15) is 0 Å². The summed E-state index contributed by atoms with van der Waals surface area (Å²) in [6.07, 6.45) is 1.46. The number of benzene rings is 2. The summed E-state index contributed by atoms with van der Waals surface area (Å²) in [4.78, 5) is -0.0449. The van der Waals surface area contributed by atoms with Crippen LogP contribution in [0.2, 0.25) is 0 Å². The van der Waals surface area contributed by atoms with Gasteiger partial charge in [-0.25, -0.2) is 16.8 Å². The van der Waals surface area contributed by atoms with Gasteiger partial charge >= 0.3 is 0 Å². The Balaban J connectivity index is 1.98. The van der Waals surface area contributed by atoms with Crippen molar-refractivity contribution < 1.29 is 26.3 Å². The first kappa shape index (κ1) is 21.3. The predicted octanol–water partition coefficient (Wildman–Crippen LogP) is 2.61. The Hall–Kier alpha value is -2.46. The predicted molar refractivity (Wildman–Crippen MR) is 112 cm³/mol. The van der Waals surface area contributed by atoms with Gasteiger partial charge in [-0.3, -0.25) is 9.03 Å². The van der Waals surface area contributed by atoms with Gasteiger partial charge in [0, 0.05) is 12.6 Å². The summed E-state index contributed by atoms with van der Waals surface area (Å²) in [7, 11) is -4.56. The number of fused-ring (bicyclic) bond motifs is 1. The van der Waals surface area contributed by atoms with Gasteiger partial charge in [-0.1, -0.05) is 6.07 Å². The third-order valence-corrected chi connectivity index (χ3v) is 7.98. The molecule has 10 heteroatoms. The third kappa shape index (κ3) is 4.27.